The number of primary sulfonamides is 1. The van der Waals surface area contributed by atoms with Crippen LogP contribution < -0.4 is 9.88 Å². The molecule has 2 heterocycles. The van der Waals surface area contributed by atoms with Crippen LogP contribution in [0.25, 0.3) is 0 Å². The molecule has 2 aromatic rings. The Kier molecular flexibility index (Phi) is 5.12. The molecule has 1 aromatic heterocycles. The van der Waals surface area contributed by atoms with E-state index in [-0.39, 0.29) is 11.1 Å². The van der Waals surface area contributed by atoms with Crippen LogP contribution in [-0.2, 0) is 27.7 Å². The fraction of sp³-hybridized carbons (Fsp3) is 0.471. The van der Waals surface area contributed by atoms with Gasteiger partial charge in [0.05, 0.1) is 25.5 Å². The van der Waals surface area contributed by atoms with Gasteiger partial charge in [0, 0.05) is 13.0 Å². The topological polar surface area (TPSA) is 96.4 Å². The number of benzene rings is 1. The summed E-state index contributed by atoms with van der Waals surface area (Å²) in [5.74, 6) is 1.38. The molecule has 0 amide bonds. The number of hydrogen-bond acceptors (Lipinski definition) is 5. The van der Waals surface area contributed by atoms with E-state index in [1.165, 1.54) is 0 Å². The van der Waals surface area contributed by atoms with Gasteiger partial charge in [0.25, 0.3) is 10.0 Å². The molecule has 1 aliphatic rings. The molecule has 0 bridgehead atoms. The first kappa shape index (κ1) is 17.9. The largest absolute Gasteiger partial charge is 0.497 e. The second-order valence-corrected chi connectivity index (χ2v) is 7.70. The highest BCUT2D eigenvalue weighted by atomic mass is 32.2. The Hall–Kier alpha value is -1.90. The van der Waals surface area contributed by atoms with Gasteiger partial charge in [0.15, 0.2) is 5.03 Å². The Bertz CT molecular complexity index is 838. The molecule has 8 heteroatoms. The number of ether oxygens (including phenoxy) is 2. The smallest absolute Gasteiger partial charge is 0.257 e. The zero-order valence-electron chi connectivity index (χ0n) is 14.4. The van der Waals surface area contributed by atoms with Gasteiger partial charge >= 0.3 is 0 Å². The summed E-state index contributed by atoms with van der Waals surface area (Å²) < 4.78 is 36.8. The van der Waals surface area contributed by atoms with Crippen molar-refractivity contribution in [2.45, 2.75) is 43.9 Å². The maximum Gasteiger partial charge on any atom is 0.257 e. The highest BCUT2D eigenvalue weighted by molar-refractivity contribution is 7.89. The Balaban J connectivity index is 1.98. The van der Waals surface area contributed by atoms with Crippen molar-refractivity contribution in [2.24, 2.45) is 5.14 Å². The van der Waals surface area contributed by atoms with Crippen LogP contribution in [-0.4, -0.2) is 37.8 Å². The summed E-state index contributed by atoms with van der Waals surface area (Å²) in [7, 11) is -2.29. The summed E-state index contributed by atoms with van der Waals surface area (Å²) in [6.45, 7) is 3.12. The van der Waals surface area contributed by atoms with Crippen LogP contribution in [0.4, 0.5) is 0 Å². The molecular formula is C17H23N3O4S. The first-order valence-electron chi connectivity index (χ1n) is 8.22. The van der Waals surface area contributed by atoms with E-state index in [2.05, 4.69) is 4.98 Å². The van der Waals surface area contributed by atoms with Gasteiger partial charge in [-0.1, -0.05) is 12.1 Å². The maximum absolute atomic E-state index is 12.0. The molecule has 1 fully saturated rings. The lowest BCUT2D eigenvalue weighted by Gasteiger charge is -2.15. The molecule has 1 aliphatic heterocycles. The van der Waals surface area contributed by atoms with E-state index < -0.39 is 10.0 Å². The normalized spacial score (nSPS) is 17.8. The molecule has 3 rings (SSSR count). The zero-order valence-corrected chi connectivity index (χ0v) is 15.3. The van der Waals surface area contributed by atoms with Crippen molar-refractivity contribution in [3.05, 3.63) is 41.3 Å². The van der Waals surface area contributed by atoms with Crippen molar-refractivity contribution >= 4 is 10.0 Å². The summed E-state index contributed by atoms with van der Waals surface area (Å²) >= 11 is 0. The number of aromatic nitrogens is 2. The van der Waals surface area contributed by atoms with Crippen LogP contribution >= 0.6 is 0 Å². The van der Waals surface area contributed by atoms with Crippen LogP contribution in [0, 0.1) is 6.92 Å². The van der Waals surface area contributed by atoms with Gasteiger partial charge in [-0.05, 0) is 37.5 Å². The van der Waals surface area contributed by atoms with Crippen molar-refractivity contribution in [1.82, 2.24) is 9.55 Å². The second-order valence-electron chi connectivity index (χ2n) is 6.23. The van der Waals surface area contributed by atoms with E-state index >= 15 is 0 Å². The monoisotopic (exact) mass is 365 g/mol. The minimum absolute atomic E-state index is 0.0567. The third-order valence-electron chi connectivity index (χ3n) is 4.44. The minimum Gasteiger partial charge on any atom is -0.497 e. The van der Waals surface area contributed by atoms with Crippen LogP contribution in [0.1, 0.15) is 29.9 Å². The highest BCUT2D eigenvalue weighted by Crippen LogP contribution is 2.24. The summed E-state index contributed by atoms with van der Waals surface area (Å²) in [6, 6.07) is 7.51. The van der Waals surface area contributed by atoms with E-state index in [0.717, 1.165) is 30.8 Å². The zero-order chi connectivity index (χ0) is 18.0. The lowest BCUT2D eigenvalue weighted by atomic mass is 10.1. The van der Waals surface area contributed by atoms with E-state index in [1.54, 1.807) is 14.0 Å². The molecule has 0 radical (unpaired) electrons. The van der Waals surface area contributed by atoms with Crippen molar-refractivity contribution in [2.75, 3.05) is 13.7 Å². The van der Waals surface area contributed by atoms with Crippen molar-refractivity contribution in [1.29, 1.82) is 0 Å². The molecule has 0 aliphatic carbocycles. The molecule has 136 valence electrons. The summed E-state index contributed by atoms with van der Waals surface area (Å²) in [6.07, 6.45) is 2.48. The van der Waals surface area contributed by atoms with Gasteiger partial charge < -0.3 is 14.0 Å². The molecule has 25 heavy (non-hydrogen) atoms. The number of methoxy groups -OCH3 is 1. The highest BCUT2D eigenvalue weighted by Gasteiger charge is 2.26. The fourth-order valence-electron chi connectivity index (χ4n) is 3.15. The quantitative estimate of drug-likeness (QED) is 0.839. The molecule has 0 saturated carbocycles. The lowest BCUT2D eigenvalue weighted by molar-refractivity contribution is 0.0958. The molecule has 2 N–H and O–H groups in total. The Labute approximate surface area is 147 Å². The number of hydrogen-bond donors (Lipinski definition) is 1. The average molecular weight is 365 g/mol. The molecular weight excluding hydrogens is 342 g/mol. The average Bonchev–Trinajstić information content (AvgIpc) is 3.18. The summed E-state index contributed by atoms with van der Waals surface area (Å²) in [5, 5.41) is 5.34. The molecule has 7 nitrogen and oxygen atoms in total. The first-order valence-corrected chi connectivity index (χ1v) is 9.76. The van der Waals surface area contributed by atoms with Gasteiger partial charge in [-0.25, -0.2) is 18.5 Å². The van der Waals surface area contributed by atoms with E-state index in [9.17, 15) is 8.42 Å². The molecule has 0 spiro atoms. The second kappa shape index (κ2) is 7.15. The third-order valence-corrected chi connectivity index (χ3v) is 5.30. The van der Waals surface area contributed by atoms with Crippen molar-refractivity contribution in [3.8, 4) is 5.75 Å². The van der Waals surface area contributed by atoms with Crippen molar-refractivity contribution < 1.29 is 17.9 Å². The van der Waals surface area contributed by atoms with E-state index in [1.807, 2.05) is 28.8 Å². The Morgan fingerprint density at radius 2 is 2.08 bits per heavy atom. The molecule has 1 unspecified atom stereocenters. The van der Waals surface area contributed by atoms with Crippen LogP contribution in [0.2, 0.25) is 0 Å². The van der Waals surface area contributed by atoms with Gasteiger partial charge in [-0.3, -0.25) is 0 Å². The number of aryl methyl sites for hydroxylation is 1. The predicted molar refractivity (Wildman–Crippen MR) is 93.1 cm³/mol. The predicted octanol–water partition coefficient (Wildman–Crippen LogP) is 1.62. The third kappa shape index (κ3) is 4.02. The number of imidazole rings is 1. The van der Waals surface area contributed by atoms with Gasteiger partial charge in [0.2, 0.25) is 0 Å². The summed E-state index contributed by atoms with van der Waals surface area (Å²) in [4.78, 5) is 4.22. The Morgan fingerprint density at radius 1 is 1.36 bits per heavy atom. The Morgan fingerprint density at radius 3 is 2.64 bits per heavy atom. The van der Waals surface area contributed by atoms with Gasteiger partial charge in [-0.15, -0.1) is 0 Å². The minimum atomic E-state index is -3.90. The fourth-order valence-corrected chi connectivity index (χ4v) is 3.92. The molecule has 1 aromatic carbocycles. The van der Waals surface area contributed by atoms with Crippen LogP contribution in [0.5, 0.6) is 5.75 Å². The molecule has 1 saturated heterocycles. The van der Waals surface area contributed by atoms with Crippen LogP contribution in [0.15, 0.2) is 29.3 Å². The number of sulfonamides is 1. The number of nitrogens with two attached hydrogens (primary N) is 1. The number of rotatable bonds is 6. The van der Waals surface area contributed by atoms with Crippen LogP contribution in [0.3, 0.4) is 0 Å². The standard InChI is InChI=1S/C17H23N3O4S/c1-12-19-17(25(18,21)22)16(20(12)11-15-4-3-9-24-15)10-13-5-7-14(23-2)8-6-13/h5-8,15H,3-4,9-11H2,1-2H3,(H2,18,21,22). The first-order chi connectivity index (χ1) is 11.9. The van der Waals surface area contributed by atoms with Crippen molar-refractivity contribution in [3.63, 3.8) is 0 Å². The SMILES string of the molecule is COc1ccc(Cc2c(S(N)(=O)=O)nc(C)n2CC2CCCO2)cc1. The molecule has 1 atom stereocenters. The number of nitrogens with zero attached hydrogens (tertiary/aromatic N) is 2. The lowest BCUT2D eigenvalue weighted by Crippen LogP contribution is -2.20. The van der Waals surface area contributed by atoms with Gasteiger partial charge in [0.1, 0.15) is 11.6 Å². The maximum atomic E-state index is 12.0. The van der Waals surface area contributed by atoms with Gasteiger partial charge in [-0.2, -0.15) is 0 Å². The van der Waals surface area contributed by atoms with E-state index in [4.69, 9.17) is 14.6 Å². The van der Waals surface area contributed by atoms with E-state index in [0.29, 0.717) is 24.5 Å². The summed E-state index contributed by atoms with van der Waals surface area (Å²) in [5.41, 5.74) is 1.56.